The van der Waals surface area contributed by atoms with Crippen molar-refractivity contribution in [1.29, 1.82) is 0 Å². The van der Waals surface area contributed by atoms with Crippen LogP contribution in [-0.4, -0.2) is 30.6 Å². The van der Waals surface area contributed by atoms with Crippen LogP contribution in [0.5, 0.6) is 0 Å². The van der Waals surface area contributed by atoms with Crippen molar-refractivity contribution >= 4 is 0 Å². The molecule has 0 saturated carbocycles. The lowest BCUT2D eigenvalue weighted by Crippen LogP contribution is -2.47. The Labute approximate surface area is 96.2 Å². The van der Waals surface area contributed by atoms with Gasteiger partial charge in [0.25, 0.3) is 0 Å². The molecule has 2 heteroatoms. The second kappa shape index (κ2) is 8.12. The first-order chi connectivity index (χ1) is 7.12. The molecule has 0 spiro atoms. The molecule has 0 aliphatic rings. The second-order valence-electron chi connectivity index (χ2n) is 4.68. The smallest absolute Gasteiger partial charge is 0.0246 e. The van der Waals surface area contributed by atoms with Crippen molar-refractivity contribution in [3.63, 3.8) is 0 Å². The maximum Gasteiger partial charge on any atom is 0.0246 e. The topological polar surface area (TPSA) is 29.3 Å². The molecule has 2 atom stereocenters. The van der Waals surface area contributed by atoms with Crippen molar-refractivity contribution in [1.82, 2.24) is 4.90 Å². The van der Waals surface area contributed by atoms with E-state index in [9.17, 15) is 0 Å². The molecule has 0 amide bonds. The van der Waals surface area contributed by atoms with Crippen LogP contribution in [0.1, 0.15) is 53.4 Å². The molecule has 15 heavy (non-hydrogen) atoms. The fourth-order valence-electron chi connectivity index (χ4n) is 2.47. The van der Waals surface area contributed by atoms with E-state index >= 15 is 0 Å². The van der Waals surface area contributed by atoms with Crippen LogP contribution in [0.4, 0.5) is 0 Å². The summed E-state index contributed by atoms with van der Waals surface area (Å²) in [6.45, 7) is 9.90. The summed E-state index contributed by atoms with van der Waals surface area (Å²) in [7, 11) is 2.23. The van der Waals surface area contributed by atoms with Crippen LogP contribution in [0, 0.1) is 5.92 Å². The summed E-state index contributed by atoms with van der Waals surface area (Å²) >= 11 is 0. The highest BCUT2D eigenvalue weighted by Crippen LogP contribution is 2.20. The van der Waals surface area contributed by atoms with Crippen LogP contribution in [-0.2, 0) is 0 Å². The predicted molar refractivity (Wildman–Crippen MR) is 69.0 cm³/mol. The summed E-state index contributed by atoms with van der Waals surface area (Å²) in [6, 6.07) is 1.21. The third-order valence-electron chi connectivity index (χ3n) is 3.76. The number of nitrogens with zero attached hydrogens (tertiary/aromatic N) is 1. The average molecular weight is 214 g/mol. The molecule has 0 radical (unpaired) electrons. The van der Waals surface area contributed by atoms with Crippen molar-refractivity contribution in [3.05, 3.63) is 0 Å². The molecule has 92 valence electrons. The molecule has 0 aliphatic heterocycles. The highest BCUT2D eigenvalue weighted by Gasteiger charge is 2.24. The Balaban J connectivity index is 4.36. The molecule has 0 aromatic rings. The van der Waals surface area contributed by atoms with Gasteiger partial charge in [0.15, 0.2) is 0 Å². The van der Waals surface area contributed by atoms with Gasteiger partial charge >= 0.3 is 0 Å². The van der Waals surface area contributed by atoms with Crippen molar-refractivity contribution in [3.8, 4) is 0 Å². The molecule has 0 heterocycles. The molecule has 0 bridgehead atoms. The molecule has 2 N–H and O–H groups in total. The number of nitrogens with two attached hydrogens (primary N) is 1. The quantitative estimate of drug-likeness (QED) is 0.673. The molecule has 0 aromatic carbocycles. The first-order valence-corrected chi connectivity index (χ1v) is 6.54. The molecular formula is C13H30N2. The fourth-order valence-corrected chi connectivity index (χ4v) is 2.47. The van der Waals surface area contributed by atoms with Crippen LogP contribution < -0.4 is 5.73 Å². The van der Waals surface area contributed by atoms with Gasteiger partial charge in [-0.15, -0.1) is 0 Å². The zero-order valence-corrected chi connectivity index (χ0v) is 11.3. The van der Waals surface area contributed by atoms with Gasteiger partial charge in [0.1, 0.15) is 0 Å². The molecular weight excluding hydrogens is 184 g/mol. The molecule has 0 fully saturated rings. The molecule has 0 saturated heterocycles. The summed E-state index contributed by atoms with van der Waals surface area (Å²) in [4.78, 5) is 2.49. The summed E-state index contributed by atoms with van der Waals surface area (Å²) in [5.74, 6) is 0.749. The standard InChI is InChI=1S/C13H30N2/c1-6-9-11(4)15(5)13(10-14)12(7-2)8-3/h11-13H,6-10,14H2,1-5H3. The van der Waals surface area contributed by atoms with E-state index in [0.717, 1.165) is 12.5 Å². The second-order valence-corrected chi connectivity index (χ2v) is 4.68. The predicted octanol–water partition coefficient (Wildman–Crippen LogP) is 2.87. The van der Waals surface area contributed by atoms with E-state index in [4.69, 9.17) is 5.73 Å². The van der Waals surface area contributed by atoms with Gasteiger partial charge < -0.3 is 5.73 Å². The highest BCUT2D eigenvalue weighted by molar-refractivity contribution is 4.80. The first kappa shape index (κ1) is 14.9. The number of hydrogen-bond donors (Lipinski definition) is 1. The Hall–Kier alpha value is -0.0800. The lowest BCUT2D eigenvalue weighted by atomic mass is 9.92. The van der Waals surface area contributed by atoms with Gasteiger partial charge in [-0.3, -0.25) is 4.90 Å². The van der Waals surface area contributed by atoms with Crippen molar-refractivity contribution < 1.29 is 0 Å². The van der Waals surface area contributed by atoms with E-state index in [0.29, 0.717) is 12.1 Å². The largest absolute Gasteiger partial charge is 0.329 e. The van der Waals surface area contributed by atoms with Gasteiger partial charge in [0.2, 0.25) is 0 Å². The summed E-state index contributed by atoms with van der Waals surface area (Å²) in [6.07, 6.45) is 5.00. The van der Waals surface area contributed by atoms with Crippen LogP contribution in [0.3, 0.4) is 0 Å². The third kappa shape index (κ3) is 4.52. The lowest BCUT2D eigenvalue weighted by molar-refractivity contribution is 0.125. The zero-order valence-electron chi connectivity index (χ0n) is 11.3. The number of hydrogen-bond acceptors (Lipinski definition) is 2. The highest BCUT2D eigenvalue weighted by atomic mass is 15.2. The maximum atomic E-state index is 5.92. The van der Waals surface area contributed by atoms with E-state index < -0.39 is 0 Å². The third-order valence-corrected chi connectivity index (χ3v) is 3.76. The van der Waals surface area contributed by atoms with E-state index in [1.165, 1.54) is 25.7 Å². The van der Waals surface area contributed by atoms with Gasteiger partial charge in [0, 0.05) is 18.6 Å². The number of rotatable bonds is 8. The summed E-state index contributed by atoms with van der Waals surface area (Å²) in [5.41, 5.74) is 5.92. The summed E-state index contributed by atoms with van der Waals surface area (Å²) < 4.78 is 0. The SMILES string of the molecule is CCCC(C)N(C)C(CN)C(CC)CC. The molecule has 0 rings (SSSR count). The van der Waals surface area contributed by atoms with E-state index in [1.807, 2.05) is 0 Å². The van der Waals surface area contributed by atoms with Gasteiger partial charge in [-0.05, 0) is 26.3 Å². The van der Waals surface area contributed by atoms with E-state index in [-0.39, 0.29) is 0 Å². The van der Waals surface area contributed by atoms with Gasteiger partial charge in [-0.2, -0.15) is 0 Å². The Morgan fingerprint density at radius 3 is 2.00 bits per heavy atom. The molecule has 0 aromatic heterocycles. The Kier molecular flexibility index (Phi) is 8.07. The van der Waals surface area contributed by atoms with Crippen molar-refractivity contribution in [2.45, 2.75) is 65.5 Å². The average Bonchev–Trinajstić information content (AvgIpc) is 2.25. The Bertz CT molecular complexity index is 143. The molecule has 0 aliphatic carbocycles. The minimum absolute atomic E-state index is 0.557. The fraction of sp³-hybridized carbons (Fsp3) is 1.00. The van der Waals surface area contributed by atoms with Crippen LogP contribution in [0.15, 0.2) is 0 Å². The van der Waals surface area contributed by atoms with Crippen molar-refractivity contribution in [2.24, 2.45) is 11.7 Å². The Morgan fingerprint density at radius 1 is 1.13 bits per heavy atom. The maximum absolute atomic E-state index is 5.92. The van der Waals surface area contributed by atoms with Gasteiger partial charge in [-0.25, -0.2) is 0 Å². The van der Waals surface area contributed by atoms with E-state index in [1.54, 1.807) is 0 Å². The minimum atomic E-state index is 0.557. The van der Waals surface area contributed by atoms with Crippen LogP contribution in [0.2, 0.25) is 0 Å². The minimum Gasteiger partial charge on any atom is -0.329 e. The number of likely N-dealkylation sites (N-methyl/N-ethyl adjacent to an activating group) is 1. The molecule has 2 nitrogen and oxygen atoms in total. The van der Waals surface area contributed by atoms with Crippen LogP contribution in [0.25, 0.3) is 0 Å². The molecule has 2 unspecified atom stereocenters. The van der Waals surface area contributed by atoms with E-state index in [2.05, 4.69) is 39.6 Å². The van der Waals surface area contributed by atoms with Crippen molar-refractivity contribution in [2.75, 3.05) is 13.6 Å². The summed E-state index contributed by atoms with van der Waals surface area (Å²) in [5, 5.41) is 0. The lowest BCUT2D eigenvalue weighted by Gasteiger charge is -2.37. The van der Waals surface area contributed by atoms with Gasteiger partial charge in [-0.1, -0.05) is 40.0 Å². The van der Waals surface area contributed by atoms with Gasteiger partial charge in [0.05, 0.1) is 0 Å². The Morgan fingerprint density at radius 2 is 1.67 bits per heavy atom. The first-order valence-electron chi connectivity index (χ1n) is 6.54. The van der Waals surface area contributed by atoms with Crippen LogP contribution >= 0.6 is 0 Å². The normalized spacial score (nSPS) is 16.0. The monoisotopic (exact) mass is 214 g/mol. The zero-order chi connectivity index (χ0) is 11.8.